The normalized spacial score (nSPS) is 11.6. The van der Waals surface area contributed by atoms with Crippen molar-refractivity contribution in [3.05, 3.63) is 64.5 Å². The summed E-state index contributed by atoms with van der Waals surface area (Å²) in [7, 11) is 0. The molecule has 0 bridgehead atoms. The number of carbonyl (C=O) groups excluding carboxylic acids is 2. The van der Waals surface area contributed by atoms with E-state index in [1.54, 1.807) is 19.9 Å². The van der Waals surface area contributed by atoms with Gasteiger partial charge in [0.05, 0.1) is 0 Å². The van der Waals surface area contributed by atoms with Crippen molar-refractivity contribution in [1.82, 2.24) is 10.9 Å². The molecule has 1 unspecified atom stereocenters. The number of amides is 2. The second-order valence-corrected chi connectivity index (χ2v) is 5.86. The van der Waals surface area contributed by atoms with Crippen molar-refractivity contribution in [2.45, 2.75) is 33.8 Å². The van der Waals surface area contributed by atoms with Crippen molar-refractivity contribution in [3.8, 4) is 5.75 Å². The summed E-state index contributed by atoms with van der Waals surface area (Å²) in [6, 6.07) is 9.46. The van der Waals surface area contributed by atoms with Crippen LogP contribution >= 0.6 is 0 Å². The Balaban J connectivity index is 1.96. The van der Waals surface area contributed by atoms with Crippen LogP contribution in [0.4, 0.5) is 4.39 Å². The van der Waals surface area contributed by atoms with Crippen LogP contribution in [0.3, 0.4) is 0 Å². The lowest BCUT2D eigenvalue weighted by Crippen LogP contribution is -2.47. The van der Waals surface area contributed by atoms with Gasteiger partial charge in [0.1, 0.15) is 11.6 Å². The van der Waals surface area contributed by atoms with Crippen LogP contribution in [0.15, 0.2) is 36.4 Å². The third-order valence-electron chi connectivity index (χ3n) is 3.97. The quantitative estimate of drug-likeness (QED) is 0.838. The lowest BCUT2D eigenvalue weighted by molar-refractivity contribution is -0.128. The van der Waals surface area contributed by atoms with Crippen molar-refractivity contribution in [1.29, 1.82) is 0 Å². The van der Waals surface area contributed by atoms with Crippen molar-refractivity contribution in [2.24, 2.45) is 0 Å². The summed E-state index contributed by atoms with van der Waals surface area (Å²) in [6.45, 7) is 7.12. The molecule has 25 heavy (non-hydrogen) atoms. The van der Waals surface area contributed by atoms with E-state index in [2.05, 4.69) is 10.9 Å². The standard InChI is InChI=1S/C19H21FN2O3/c1-11-6-5-7-17(13(11)3)25-14(4)18(23)21-22-19(24)16-10-15(20)9-8-12(16)2/h5-10,14H,1-4H3,(H,21,23)(H,22,24). The third kappa shape index (κ3) is 4.56. The highest BCUT2D eigenvalue weighted by atomic mass is 19.1. The predicted octanol–water partition coefficient (Wildman–Crippen LogP) is 2.98. The fraction of sp³-hybridized carbons (Fsp3) is 0.263. The number of nitrogens with one attached hydrogen (secondary N) is 2. The average molecular weight is 344 g/mol. The number of ether oxygens (including phenoxy) is 1. The highest BCUT2D eigenvalue weighted by Gasteiger charge is 2.18. The molecule has 0 radical (unpaired) electrons. The van der Waals surface area contributed by atoms with Gasteiger partial charge in [-0.25, -0.2) is 4.39 Å². The first kappa shape index (κ1) is 18.4. The Bertz CT molecular complexity index is 805. The maximum atomic E-state index is 13.3. The molecular weight excluding hydrogens is 323 g/mol. The van der Waals surface area contributed by atoms with E-state index in [4.69, 9.17) is 4.74 Å². The molecule has 6 heteroatoms. The van der Waals surface area contributed by atoms with E-state index >= 15 is 0 Å². The van der Waals surface area contributed by atoms with Crippen molar-refractivity contribution in [3.63, 3.8) is 0 Å². The number of halogens is 1. The van der Waals surface area contributed by atoms with Gasteiger partial charge in [-0.2, -0.15) is 0 Å². The van der Waals surface area contributed by atoms with E-state index in [0.717, 1.165) is 17.2 Å². The van der Waals surface area contributed by atoms with Gasteiger partial charge in [0.2, 0.25) is 0 Å². The predicted molar refractivity (Wildman–Crippen MR) is 92.8 cm³/mol. The molecule has 5 nitrogen and oxygen atoms in total. The molecule has 2 rings (SSSR count). The maximum absolute atomic E-state index is 13.3. The number of rotatable bonds is 4. The van der Waals surface area contributed by atoms with E-state index in [0.29, 0.717) is 11.3 Å². The van der Waals surface area contributed by atoms with Crippen molar-refractivity contribution in [2.75, 3.05) is 0 Å². The smallest absolute Gasteiger partial charge is 0.279 e. The summed E-state index contributed by atoms with van der Waals surface area (Å²) in [5.74, 6) is -1.02. The number of hydrogen-bond acceptors (Lipinski definition) is 3. The van der Waals surface area contributed by atoms with Gasteiger partial charge < -0.3 is 4.74 Å². The number of benzene rings is 2. The van der Waals surface area contributed by atoms with Crippen LogP contribution in [-0.4, -0.2) is 17.9 Å². The summed E-state index contributed by atoms with van der Waals surface area (Å²) in [5, 5.41) is 0. The Morgan fingerprint density at radius 1 is 1.04 bits per heavy atom. The average Bonchev–Trinajstić information content (AvgIpc) is 2.58. The van der Waals surface area contributed by atoms with E-state index in [1.807, 2.05) is 26.0 Å². The number of aryl methyl sites for hydroxylation is 2. The van der Waals surface area contributed by atoms with Gasteiger partial charge in [-0.15, -0.1) is 0 Å². The molecule has 0 aliphatic rings. The molecule has 0 saturated heterocycles. The highest BCUT2D eigenvalue weighted by molar-refractivity contribution is 5.97. The summed E-state index contributed by atoms with van der Waals surface area (Å²) in [6.07, 6.45) is -0.811. The van der Waals surface area contributed by atoms with Crippen LogP contribution in [0.2, 0.25) is 0 Å². The zero-order valence-corrected chi connectivity index (χ0v) is 14.6. The third-order valence-corrected chi connectivity index (χ3v) is 3.97. The molecule has 0 aliphatic heterocycles. The molecule has 2 amide bonds. The minimum atomic E-state index is -0.811. The molecule has 0 fully saturated rings. The fourth-order valence-electron chi connectivity index (χ4n) is 2.22. The first-order valence-corrected chi connectivity index (χ1v) is 7.89. The van der Waals surface area contributed by atoms with E-state index < -0.39 is 23.7 Å². The molecule has 0 aromatic heterocycles. The summed E-state index contributed by atoms with van der Waals surface area (Å²) >= 11 is 0. The Hall–Kier alpha value is -2.89. The lowest BCUT2D eigenvalue weighted by Gasteiger charge is -2.17. The Kier molecular flexibility index (Phi) is 5.75. The monoisotopic (exact) mass is 344 g/mol. The zero-order chi connectivity index (χ0) is 18.6. The minimum Gasteiger partial charge on any atom is -0.481 e. The van der Waals surface area contributed by atoms with Gasteiger partial charge in [-0.1, -0.05) is 18.2 Å². The topological polar surface area (TPSA) is 67.4 Å². The lowest BCUT2D eigenvalue weighted by atomic mass is 10.1. The van der Waals surface area contributed by atoms with Crippen LogP contribution < -0.4 is 15.6 Å². The largest absolute Gasteiger partial charge is 0.481 e. The second kappa shape index (κ2) is 7.79. The minimum absolute atomic E-state index is 0.156. The van der Waals surface area contributed by atoms with Crippen LogP contribution in [0.5, 0.6) is 5.75 Å². The molecule has 0 aliphatic carbocycles. The molecule has 132 valence electrons. The van der Waals surface area contributed by atoms with Gasteiger partial charge in [0.15, 0.2) is 6.10 Å². The van der Waals surface area contributed by atoms with E-state index in [9.17, 15) is 14.0 Å². The summed E-state index contributed by atoms with van der Waals surface area (Å²) in [4.78, 5) is 24.2. The summed E-state index contributed by atoms with van der Waals surface area (Å²) in [5.41, 5.74) is 7.33. The number of carbonyl (C=O) groups is 2. The van der Waals surface area contributed by atoms with Crippen molar-refractivity contribution >= 4 is 11.8 Å². The zero-order valence-electron chi connectivity index (χ0n) is 14.6. The highest BCUT2D eigenvalue weighted by Crippen LogP contribution is 2.21. The molecule has 2 N–H and O–H groups in total. The SMILES string of the molecule is Cc1ccc(F)cc1C(=O)NNC(=O)C(C)Oc1cccc(C)c1C. The van der Waals surface area contributed by atoms with Gasteiger partial charge in [0.25, 0.3) is 11.8 Å². The van der Waals surface area contributed by atoms with Gasteiger partial charge >= 0.3 is 0 Å². The molecule has 2 aromatic carbocycles. The Labute approximate surface area is 146 Å². The molecule has 1 atom stereocenters. The molecule has 0 saturated carbocycles. The first-order chi connectivity index (χ1) is 11.8. The summed E-state index contributed by atoms with van der Waals surface area (Å²) < 4.78 is 18.9. The van der Waals surface area contributed by atoms with Gasteiger partial charge in [-0.3, -0.25) is 20.4 Å². The van der Waals surface area contributed by atoms with Gasteiger partial charge in [0, 0.05) is 5.56 Å². The molecule has 2 aromatic rings. The second-order valence-electron chi connectivity index (χ2n) is 5.86. The van der Waals surface area contributed by atoms with Crippen molar-refractivity contribution < 1.29 is 18.7 Å². The first-order valence-electron chi connectivity index (χ1n) is 7.89. The molecule has 0 heterocycles. The maximum Gasteiger partial charge on any atom is 0.279 e. The Morgan fingerprint density at radius 2 is 1.76 bits per heavy atom. The molecular formula is C19H21FN2O3. The van der Waals surface area contributed by atoms with E-state index in [1.165, 1.54) is 12.1 Å². The number of hydrogen-bond donors (Lipinski definition) is 2. The fourth-order valence-corrected chi connectivity index (χ4v) is 2.22. The van der Waals surface area contributed by atoms with Crippen LogP contribution in [0, 0.1) is 26.6 Å². The number of hydrazine groups is 1. The van der Waals surface area contributed by atoms with E-state index in [-0.39, 0.29) is 5.56 Å². The van der Waals surface area contributed by atoms with Crippen LogP contribution in [-0.2, 0) is 4.79 Å². The molecule has 0 spiro atoms. The Morgan fingerprint density at radius 3 is 2.48 bits per heavy atom. The van der Waals surface area contributed by atoms with Crippen LogP contribution in [0.1, 0.15) is 34.0 Å². The van der Waals surface area contributed by atoms with Gasteiger partial charge in [-0.05, 0) is 62.6 Å². The van der Waals surface area contributed by atoms with Crippen LogP contribution in [0.25, 0.3) is 0 Å².